The van der Waals surface area contributed by atoms with Crippen LogP contribution in [0.2, 0.25) is 0 Å². The molecule has 208 valence electrons. The third-order valence-electron chi connectivity index (χ3n) is 7.01. The van der Waals surface area contributed by atoms with Crippen LogP contribution in [0.4, 0.5) is 13.2 Å². The van der Waals surface area contributed by atoms with Crippen LogP contribution in [0.15, 0.2) is 30.3 Å². The summed E-state index contributed by atoms with van der Waals surface area (Å²) in [5, 5.41) is -0.174. The zero-order valence-corrected chi connectivity index (χ0v) is 22.7. The van der Waals surface area contributed by atoms with E-state index in [1.54, 1.807) is 0 Å². The fraction of sp³-hybridized carbons (Fsp3) is 0.583. The van der Waals surface area contributed by atoms with Crippen molar-refractivity contribution in [2.75, 3.05) is 12.3 Å². The molecule has 2 aromatic carbocycles. The van der Waals surface area contributed by atoms with Gasteiger partial charge in [-0.05, 0) is 65.5 Å². The maximum absolute atomic E-state index is 14.2. The second-order valence-corrected chi connectivity index (χ2v) is 14.4. The van der Waals surface area contributed by atoms with Gasteiger partial charge in [0.05, 0.1) is 24.0 Å². The van der Waals surface area contributed by atoms with Gasteiger partial charge >= 0.3 is 21.4 Å². The van der Waals surface area contributed by atoms with Crippen LogP contribution < -0.4 is 10.5 Å². The number of rotatable bonds is 7. The molecule has 0 bridgehead atoms. The topological polar surface area (TPSA) is 150 Å². The highest BCUT2D eigenvalue weighted by molar-refractivity contribution is 7.53. The van der Waals surface area contributed by atoms with Crippen LogP contribution in [0.5, 0.6) is 5.75 Å². The van der Waals surface area contributed by atoms with E-state index in [2.05, 4.69) is 20.8 Å². The van der Waals surface area contributed by atoms with Gasteiger partial charge in [-0.25, -0.2) is 0 Å². The first kappa shape index (κ1) is 30.1. The quantitative estimate of drug-likeness (QED) is 0.281. The summed E-state index contributed by atoms with van der Waals surface area (Å²) in [7, 11) is -9.69. The molecule has 0 saturated heterocycles. The van der Waals surface area contributed by atoms with E-state index < -0.39 is 44.8 Å². The molecule has 0 aromatic heterocycles. The summed E-state index contributed by atoms with van der Waals surface area (Å²) >= 11 is 0. The highest BCUT2D eigenvalue weighted by Gasteiger charge is 2.42. The predicted octanol–water partition coefficient (Wildman–Crippen LogP) is 5.35. The lowest BCUT2D eigenvalue weighted by molar-refractivity contribution is -0.138. The smallest absolute Gasteiger partial charge is 0.420 e. The van der Waals surface area contributed by atoms with Crippen molar-refractivity contribution >= 4 is 26.0 Å². The molecule has 3 rings (SSSR count). The standard InChI is InChI=1S/C24H34F3NO7P2/c1-22(2,3)16-5-8-18(9-6-16)35-20-11-4-15-12-17(7-10-19(15)21(20)24(25,26)27)23(28,13-36(29,30)31)14-37(32,33)34/h4,7,10-12,16,18H,5-6,8-9,13-14,28H2,1-3H3,(H2,29,30,31)(H2,32,33,34). The van der Waals surface area contributed by atoms with Crippen molar-refractivity contribution in [3.63, 3.8) is 0 Å². The van der Waals surface area contributed by atoms with Crippen molar-refractivity contribution in [2.45, 2.75) is 64.3 Å². The van der Waals surface area contributed by atoms with Gasteiger partial charge in [0, 0.05) is 0 Å². The summed E-state index contributed by atoms with van der Waals surface area (Å²) in [6.07, 6.45) is -4.35. The molecule has 0 spiro atoms. The Labute approximate surface area is 213 Å². The average Bonchev–Trinajstić information content (AvgIpc) is 2.69. The van der Waals surface area contributed by atoms with Crippen LogP contribution in [-0.2, 0) is 20.8 Å². The summed E-state index contributed by atoms with van der Waals surface area (Å²) in [4.78, 5) is 37.8. The molecule has 37 heavy (non-hydrogen) atoms. The number of alkyl halides is 3. The van der Waals surface area contributed by atoms with Gasteiger partial charge in [0.15, 0.2) is 0 Å². The Balaban J connectivity index is 2.01. The molecule has 0 aliphatic heterocycles. The molecule has 0 amide bonds. The van der Waals surface area contributed by atoms with Gasteiger partial charge in [-0.3, -0.25) is 9.13 Å². The number of ether oxygens (including phenoxy) is 1. The van der Waals surface area contributed by atoms with E-state index in [0.717, 1.165) is 25.0 Å². The second kappa shape index (κ2) is 10.3. The molecule has 1 aliphatic carbocycles. The largest absolute Gasteiger partial charge is 0.490 e. The minimum atomic E-state index is -4.85. The molecule has 0 heterocycles. The van der Waals surface area contributed by atoms with E-state index in [-0.39, 0.29) is 33.6 Å². The average molecular weight is 567 g/mol. The fourth-order valence-electron chi connectivity index (χ4n) is 5.20. The summed E-state index contributed by atoms with van der Waals surface area (Å²) in [6.45, 7) is 6.44. The Morgan fingerprint density at radius 2 is 1.46 bits per heavy atom. The van der Waals surface area contributed by atoms with E-state index in [1.165, 1.54) is 18.2 Å². The van der Waals surface area contributed by atoms with Crippen LogP contribution in [0, 0.1) is 11.3 Å². The highest BCUT2D eigenvalue weighted by atomic mass is 31.2. The minimum Gasteiger partial charge on any atom is -0.490 e. The normalized spacial score (nSPS) is 20.3. The predicted molar refractivity (Wildman–Crippen MR) is 134 cm³/mol. The van der Waals surface area contributed by atoms with Gasteiger partial charge < -0.3 is 30.0 Å². The van der Waals surface area contributed by atoms with Crippen LogP contribution in [0.3, 0.4) is 0 Å². The SMILES string of the molecule is CC(C)(C)C1CCC(Oc2ccc3cc(C(N)(CP(=O)(O)O)CP(=O)(O)O)ccc3c2C(F)(F)F)CC1. The van der Waals surface area contributed by atoms with Gasteiger partial charge in [-0.2, -0.15) is 13.2 Å². The summed E-state index contributed by atoms with van der Waals surface area (Å²) in [5.74, 6) is 0.152. The zero-order valence-electron chi connectivity index (χ0n) is 20.9. The molecular weight excluding hydrogens is 533 g/mol. The molecule has 6 N–H and O–H groups in total. The van der Waals surface area contributed by atoms with Gasteiger partial charge in [0.2, 0.25) is 0 Å². The Morgan fingerprint density at radius 3 is 1.92 bits per heavy atom. The summed E-state index contributed by atoms with van der Waals surface area (Å²) in [5.41, 5.74) is 2.92. The van der Waals surface area contributed by atoms with E-state index in [9.17, 15) is 41.9 Å². The number of nitrogens with two attached hydrogens (primary N) is 1. The van der Waals surface area contributed by atoms with Crippen molar-refractivity contribution in [3.05, 3.63) is 41.5 Å². The Morgan fingerprint density at radius 1 is 0.919 bits per heavy atom. The molecule has 0 atom stereocenters. The lowest BCUT2D eigenvalue weighted by Gasteiger charge is -2.37. The first-order valence-corrected chi connectivity index (χ1v) is 15.5. The monoisotopic (exact) mass is 567 g/mol. The molecule has 2 aromatic rings. The van der Waals surface area contributed by atoms with Gasteiger partial charge in [0.1, 0.15) is 11.3 Å². The molecular formula is C24H34F3NO7P2. The van der Waals surface area contributed by atoms with E-state index in [4.69, 9.17) is 10.5 Å². The van der Waals surface area contributed by atoms with Crippen molar-refractivity contribution in [1.82, 2.24) is 0 Å². The summed E-state index contributed by atoms with van der Waals surface area (Å²) < 4.78 is 71.8. The Kier molecular flexibility index (Phi) is 8.35. The third kappa shape index (κ3) is 7.79. The number of benzene rings is 2. The lowest BCUT2D eigenvalue weighted by Crippen LogP contribution is -2.44. The van der Waals surface area contributed by atoms with Gasteiger partial charge in [-0.15, -0.1) is 0 Å². The molecule has 0 radical (unpaired) electrons. The Hall–Kier alpha value is -1.45. The first-order valence-electron chi connectivity index (χ1n) is 11.9. The molecule has 0 unspecified atom stereocenters. The van der Waals surface area contributed by atoms with E-state index >= 15 is 0 Å². The van der Waals surface area contributed by atoms with Crippen molar-refractivity contribution in [2.24, 2.45) is 17.1 Å². The minimum absolute atomic E-state index is 0.0415. The highest BCUT2D eigenvalue weighted by Crippen LogP contribution is 2.49. The number of hydrogen-bond donors (Lipinski definition) is 5. The Bertz CT molecular complexity index is 1200. The van der Waals surface area contributed by atoms with Gasteiger partial charge in [0.25, 0.3) is 0 Å². The van der Waals surface area contributed by atoms with E-state index in [0.29, 0.717) is 18.8 Å². The van der Waals surface area contributed by atoms with Crippen LogP contribution in [0.1, 0.15) is 57.6 Å². The van der Waals surface area contributed by atoms with Crippen LogP contribution in [0.25, 0.3) is 10.8 Å². The van der Waals surface area contributed by atoms with Crippen molar-refractivity contribution in [1.29, 1.82) is 0 Å². The fourth-order valence-corrected chi connectivity index (χ4v) is 7.44. The first-order chi connectivity index (χ1) is 16.7. The maximum Gasteiger partial charge on any atom is 0.420 e. The zero-order chi connectivity index (χ0) is 28.0. The van der Waals surface area contributed by atoms with Crippen LogP contribution in [-0.4, -0.2) is 38.0 Å². The van der Waals surface area contributed by atoms with E-state index in [1.807, 2.05) is 0 Å². The third-order valence-corrected chi connectivity index (χ3v) is 8.96. The van der Waals surface area contributed by atoms with Crippen molar-refractivity contribution < 1.29 is 46.6 Å². The number of fused-ring (bicyclic) bond motifs is 1. The molecule has 1 fully saturated rings. The molecule has 8 nitrogen and oxygen atoms in total. The number of halogens is 3. The molecule has 1 saturated carbocycles. The maximum atomic E-state index is 14.2. The summed E-state index contributed by atoms with van der Waals surface area (Å²) in [6, 6.07) is 5.96. The van der Waals surface area contributed by atoms with Crippen LogP contribution >= 0.6 is 15.2 Å². The lowest BCUT2D eigenvalue weighted by atomic mass is 9.72. The molecule has 1 aliphatic rings. The van der Waals surface area contributed by atoms with Crippen molar-refractivity contribution in [3.8, 4) is 5.75 Å². The number of hydrogen-bond acceptors (Lipinski definition) is 4. The molecule has 13 heteroatoms. The van der Waals surface area contributed by atoms with Gasteiger partial charge in [-0.1, -0.05) is 39.0 Å². The second-order valence-electron chi connectivity index (χ2n) is 11.1.